The Kier molecular flexibility index (Phi) is 10.1. The number of halogens is 5. The Morgan fingerprint density at radius 1 is 0.950 bits per heavy atom. The summed E-state index contributed by atoms with van der Waals surface area (Å²) in [6, 6.07) is 14.3. The molecule has 3 rings (SSSR count). The average Bonchev–Trinajstić information content (AvgIpc) is 2.92. The van der Waals surface area contributed by atoms with Crippen LogP contribution in [0.5, 0.6) is 0 Å². The van der Waals surface area contributed by atoms with Gasteiger partial charge in [-0.1, -0.05) is 60.5 Å². The van der Waals surface area contributed by atoms with Gasteiger partial charge in [0, 0.05) is 29.2 Å². The number of carbonyl (C=O) groups excluding carboxylic acids is 2. The predicted molar refractivity (Wildman–Crippen MR) is 148 cm³/mol. The minimum Gasteiger partial charge on any atom is -0.357 e. The molecule has 3 aromatic rings. The molecule has 3 aromatic carbocycles. The van der Waals surface area contributed by atoms with Crippen LogP contribution in [-0.2, 0) is 32.3 Å². The second-order valence-corrected chi connectivity index (χ2v) is 11.3. The first-order valence-corrected chi connectivity index (χ1v) is 14.2. The average molecular weight is 616 g/mol. The molecule has 1 N–H and O–H groups in total. The molecule has 0 fully saturated rings. The highest BCUT2D eigenvalue weighted by atomic mass is 35.5. The van der Waals surface area contributed by atoms with Crippen molar-refractivity contribution in [2.75, 3.05) is 17.9 Å². The summed E-state index contributed by atoms with van der Waals surface area (Å²) >= 11 is 12.6. The molecule has 0 aromatic heterocycles. The number of likely N-dealkylation sites (N-methyl/N-ethyl adjacent to an activating group) is 1. The molecule has 0 bridgehead atoms. The van der Waals surface area contributed by atoms with Crippen LogP contribution in [0, 0.1) is 0 Å². The fourth-order valence-corrected chi connectivity index (χ4v) is 5.97. The SMILES string of the molecule is CC[C@@H](C(=O)NC)N(Cc1c(Cl)cccc1Cl)C(=O)CN(c1cccc(C(F)(F)F)c1)S(=O)(=O)c1ccccc1. The smallest absolute Gasteiger partial charge is 0.357 e. The van der Waals surface area contributed by atoms with Crippen LogP contribution in [0.3, 0.4) is 0 Å². The summed E-state index contributed by atoms with van der Waals surface area (Å²) in [6.07, 6.45) is -4.62. The van der Waals surface area contributed by atoms with Crippen molar-refractivity contribution in [2.24, 2.45) is 0 Å². The molecule has 0 aliphatic carbocycles. The number of benzene rings is 3. The standard InChI is InChI=1S/C27H26Cl2F3N3O4S/c1-3-24(26(37)33-2)34(16-21-22(28)13-8-14-23(21)29)25(36)17-35(40(38,39)20-11-5-4-6-12-20)19-10-7-9-18(15-19)27(30,31)32/h4-15,24H,3,16-17H2,1-2H3,(H,33,37)/t24-/m0/s1. The molecule has 7 nitrogen and oxygen atoms in total. The number of sulfonamides is 1. The highest BCUT2D eigenvalue weighted by Gasteiger charge is 2.36. The summed E-state index contributed by atoms with van der Waals surface area (Å²) < 4.78 is 68.6. The van der Waals surface area contributed by atoms with Crippen molar-refractivity contribution in [2.45, 2.75) is 37.0 Å². The summed E-state index contributed by atoms with van der Waals surface area (Å²) in [5, 5.41) is 2.90. The van der Waals surface area contributed by atoms with E-state index in [9.17, 15) is 31.2 Å². The van der Waals surface area contributed by atoms with Crippen LogP contribution >= 0.6 is 23.2 Å². The van der Waals surface area contributed by atoms with E-state index in [0.717, 1.165) is 23.1 Å². The van der Waals surface area contributed by atoms with Crippen molar-refractivity contribution in [3.8, 4) is 0 Å². The molecule has 0 aliphatic rings. The van der Waals surface area contributed by atoms with E-state index in [1.54, 1.807) is 31.2 Å². The topological polar surface area (TPSA) is 86.8 Å². The number of nitrogens with zero attached hydrogens (tertiary/aromatic N) is 2. The van der Waals surface area contributed by atoms with Gasteiger partial charge < -0.3 is 10.2 Å². The Hall–Kier alpha value is -3.28. The van der Waals surface area contributed by atoms with E-state index in [1.165, 1.54) is 31.3 Å². The number of carbonyl (C=O) groups is 2. The zero-order valence-corrected chi connectivity index (χ0v) is 23.8. The first-order valence-electron chi connectivity index (χ1n) is 12.0. The lowest BCUT2D eigenvalue weighted by Crippen LogP contribution is -2.51. The van der Waals surface area contributed by atoms with Gasteiger partial charge in [0.2, 0.25) is 11.8 Å². The summed E-state index contributed by atoms with van der Waals surface area (Å²) in [4.78, 5) is 27.5. The summed E-state index contributed by atoms with van der Waals surface area (Å²) in [6.45, 7) is 0.485. The number of hydrogen-bond donors (Lipinski definition) is 1. The molecular formula is C27H26Cl2F3N3O4S. The highest BCUT2D eigenvalue weighted by molar-refractivity contribution is 7.92. The van der Waals surface area contributed by atoms with Crippen LogP contribution in [0.1, 0.15) is 24.5 Å². The van der Waals surface area contributed by atoms with Crippen molar-refractivity contribution >= 4 is 50.7 Å². The Morgan fingerprint density at radius 2 is 1.55 bits per heavy atom. The number of anilines is 1. The van der Waals surface area contributed by atoms with Gasteiger partial charge in [-0.25, -0.2) is 8.42 Å². The van der Waals surface area contributed by atoms with Gasteiger partial charge in [-0.15, -0.1) is 0 Å². The maximum absolute atomic E-state index is 13.9. The van der Waals surface area contributed by atoms with Gasteiger partial charge in [0.05, 0.1) is 16.1 Å². The normalized spacial score (nSPS) is 12.5. The molecule has 0 heterocycles. The molecule has 214 valence electrons. The van der Waals surface area contributed by atoms with Crippen molar-refractivity contribution in [1.82, 2.24) is 10.2 Å². The maximum atomic E-state index is 13.9. The highest BCUT2D eigenvalue weighted by Crippen LogP contribution is 2.34. The van der Waals surface area contributed by atoms with Gasteiger partial charge >= 0.3 is 6.18 Å². The Bertz CT molecular complexity index is 1450. The van der Waals surface area contributed by atoms with E-state index in [2.05, 4.69) is 5.32 Å². The quantitative estimate of drug-likeness (QED) is 0.314. The fraction of sp³-hybridized carbons (Fsp3) is 0.259. The van der Waals surface area contributed by atoms with Crippen LogP contribution in [0.15, 0.2) is 77.7 Å². The van der Waals surface area contributed by atoms with Gasteiger partial charge in [0.25, 0.3) is 10.0 Å². The van der Waals surface area contributed by atoms with E-state index in [1.807, 2.05) is 0 Å². The van der Waals surface area contributed by atoms with E-state index < -0.39 is 46.2 Å². The van der Waals surface area contributed by atoms with Crippen LogP contribution in [0.4, 0.5) is 18.9 Å². The molecule has 0 saturated carbocycles. The third-order valence-electron chi connectivity index (χ3n) is 6.09. The Labute approximate surface area is 240 Å². The first-order chi connectivity index (χ1) is 18.8. The predicted octanol–water partition coefficient (Wildman–Crippen LogP) is 5.76. The number of rotatable bonds is 10. The van der Waals surface area contributed by atoms with Crippen molar-refractivity contribution in [3.63, 3.8) is 0 Å². The third kappa shape index (κ3) is 7.07. The van der Waals surface area contributed by atoms with Crippen molar-refractivity contribution in [3.05, 3.63) is 94.0 Å². The fourth-order valence-electron chi connectivity index (χ4n) is 4.03. The monoisotopic (exact) mass is 615 g/mol. The third-order valence-corrected chi connectivity index (χ3v) is 8.59. The van der Waals surface area contributed by atoms with Gasteiger partial charge in [-0.2, -0.15) is 13.2 Å². The second kappa shape index (κ2) is 12.9. The molecule has 0 aliphatic heterocycles. The molecule has 40 heavy (non-hydrogen) atoms. The molecule has 0 spiro atoms. The van der Waals surface area contributed by atoms with E-state index in [0.29, 0.717) is 15.9 Å². The number of nitrogens with one attached hydrogen (secondary N) is 1. The largest absolute Gasteiger partial charge is 0.416 e. The Morgan fingerprint density at radius 3 is 2.10 bits per heavy atom. The summed E-state index contributed by atoms with van der Waals surface area (Å²) in [7, 11) is -3.15. The van der Waals surface area contributed by atoms with Gasteiger partial charge in [0.1, 0.15) is 12.6 Å². The van der Waals surface area contributed by atoms with Crippen LogP contribution in [0.2, 0.25) is 10.0 Å². The molecule has 2 amide bonds. The van der Waals surface area contributed by atoms with Gasteiger partial charge in [-0.05, 0) is 48.9 Å². The molecule has 0 radical (unpaired) electrons. The van der Waals surface area contributed by atoms with Crippen LogP contribution in [-0.4, -0.2) is 44.8 Å². The van der Waals surface area contributed by atoms with Crippen molar-refractivity contribution in [1.29, 1.82) is 0 Å². The number of hydrogen-bond acceptors (Lipinski definition) is 4. The second-order valence-electron chi connectivity index (χ2n) is 8.63. The lowest BCUT2D eigenvalue weighted by molar-refractivity contribution is -0.140. The minimum atomic E-state index is -4.76. The maximum Gasteiger partial charge on any atom is 0.416 e. The lowest BCUT2D eigenvalue weighted by atomic mass is 10.1. The molecular weight excluding hydrogens is 590 g/mol. The zero-order valence-electron chi connectivity index (χ0n) is 21.5. The van der Waals surface area contributed by atoms with Crippen LogP contribution in [0.25, 0.3) is 0 Å². The first kappa shape index (κ1) is 31.3. The van der Waals surface area contributed by atoms with E-state index >= 15 is 0 Å². The summed E-state index contributed by atoms with van der Waals surface area (Å²) in [5.74, 6) is -1.39. The lowest BCUT2D eigenvalue weighted by Gasteiger charge is -2.33. The minimum absolute atomic E-state index is 0.141. The Balaban J connectivity index is 2.14. The van der Waals surface area contributed by atoms with Crippen molar-refractivity contribution < 1.29 is 31.2 Å². The molecule has 13 heteroatoms. The summed E-state index contributed by atoms with van der Waals surface area (Å²) in [5.41, 5.74) is -1.16. The van der Waals surface area contributed by atoms with E-state index in [-0.39, 0.29) is 33.6 Å². The molecule has 0 saturated heterocycles. The van der Waals surface area contributed by atoms with Gasteiger partial charge in [0.15, 0.2) is 0 Å². The molecule has 0 unspecified atom stereocenters. The van der Waals surface area contributed by atoms with Gasteiger partial charge in [-0.3, -0.25) is 13.9 Å². The number of alkyl halides is 3. The zero-order chi connectivity index (χ0) is 29.7. The van der Waals surface area contributed by atoms with Crippen LogP contribution < -0.4 is 9.62 Å². The molecule has 1 atom stereocenters. The van der Waals surface area contributed by atoms with E-state index in [4.69, 9.17) is 23.2 Å². The number of amides is 2.